The van der Waals surface area contributed by atoms with Crippen molar-refractivity contribution in [2.45, 2.75) is 0 Å². The van der Waals surface area contributed by atoms with Gasteiger partial charge in [-0.25, -0.2) is 4.79 Å². The molecule has 2 aromatic heterocycles. The van der Waals surface area contributed by atoms with Crippen LogP contribution in [0.15, 0.2) is 24.4 Å². The molecule has 0 unspecified atom stereocenters. The van der Waals surface area contributed by atoms with Crippen LogP contribution in [-0.4, -0.2) is 29.8 Å². The molecular formula is C14H12N2O3. The Morgan fingerprint density at radius 1 is 1.26 bits per heavy atom. The van der Waals surface area contributed by atoms with Crippen LogP contribution in [0, 0.1) is 0 Å². The number of esters is 1. The van der Waals surface area contributed by atoms with Gasteiger partial charge in [0.15, 0.2) is 0 Å². The third kappa shape index (κ3) is 1.62. The van der Waals surface area contributed by atoms with Gasteiger partial charge in [-0.05, 0) is 0 Å². The van der Waals surface area contributed by atoms with E-state index >= 15 is 0 Å². The summed E-state index contributed by atoms with van der Waals surface area (Å²) in [7, 11) is 2.95. The van der Waals surface area contributed by atoms with Gasteiger partial charge in [0, 0.05) is 17.2 Å². The topological polar surface area (TPSA) is 52.8 Å². The number of rotatable bonds is 2. The SMILES string of the molecule is COC(=O)c1cnn2c(OC)cc3c2c1C=CC=C3. The highest BCUT2D eigenvalue weighted by atomic mass is 16.5. The van der Waals surface area contributed by atoms with Gasteiger partial charge in [0.2, 0.25) is 5.88 Å². The molecule has 5 nitrogen and oxygen atoms in total. The molecule has 96 valence electrons. The Morgan fingerprint density at radius 3 is 2.79 bits per heavy atom. The van der Waals surface area contributed by atoms with Crippen LogP contribution in [-0.2, 0) is 4.74 Å². The lowest BCUT2D eigenvalue weighted by Gasteiger charge is -2.07. The van der Waals surface area contributed by atoms with E-state index < -0.39 is 5.97 Å². The Balaban J connectivity index is 2.40. The van der Waals surface area contributed by atoms with Crippen LogP contribution in [0.2, 0.25) is 0 Å². The Labute approximate surface area is 109 Å². The zero-order valence-electron chi connectivity index (χ0n) is 10.6. The first-order valence-electron chi connectivity index (χ1n) is 5.78. The van der Waals surface area contributed by atoms with E-state index in [0.717, 1.165) is 16.6 Å². The fourth-order valence-electron chi connectivity index (χ4n) is 2.22. The van der Waals surface area contributed by atoms with Crippen molar-refractivity contribution in [1.82, 2.24) is 9.61 Å². The van der Waals surface area contributed by atoms with E-state index in [-0.39, 0.29) is 0 Å². The summed E-state index contributed by atoms with van der Waals surface area (Å²) in [5.74, 6) is 0.227. The van der Waals surface area contributed by atoms with E-state index in [4.69, 9.17) is 9.47 Å². The molecule has 0 saturated heterocycles. The average molecular weight is 256 g/mol. The molecule has 3 rings (SSSR count). The molecule has 0 bridgehead atoms. The Kier molecular flexibility index (Phi) is 2.59. The third-order valence-corrected chi connectivity index (χ3v) is 3.08. The Morgan fingerprint density at radius 2 is 2.05 bits per heavy atom. The van der Waals surface area contributed by atoms with E-state index in [0.29, 0.717) is 11.4 Å². The van der Waals surface area contributed by atoms with Gasteiger partial charge < -0.3 is 9.47 Å². The minimum absolute atomic E-state index is 0.400. The van der Waals surface area contributed by atoms with Crippen molar-refractivity contribution < 1.29 is 14.3 Å². The molecule has 2 aromatic rings. The molecule has 5 heteroatoms. The van der Waals surface area contributed by atoms with Crippen LogP contribution in [0.4, 0.5) is 0 Å². The van der Waals surface area contributed by atoms with E-state index in [1.54, 1.807) is 11.6 Å². The molecule has 1 aliphatic carbocycles. The first-order valence-corrected chi connectivity index (χ1v) is 5.78. The molecule has 0 atom stereocenters. The lowest BCUT2D eigenvalue weighted by Crippen LogP contribution is -2.08. The lowest BCUT2D eigenvalue weighted by atomic mass is 10.1. The third-order valence-electron chi connectivity index (χ3n) is 3.08. The predicted octanol–water partition coefficient (Wildman–Crippen LogP) is 2.17. The van der Waals surface area contributed by atoms with E-state index in [1.165, 1.54) is 13.3 Å². The maximum Gasteiger partial charge on any atom is 0.340 e. The second-order valence-corrected chi connectivity index (χ2v) is 4.08. The van der Waals surface area contributed by atoms with Crippen LogP contribution >= 0.6 is 0 Å². The number of methoxy groups -OCH3 is 2. The van der Waals surface area contributed by atoms with Crippen molar-refractivity contribution >= 4 is 23.6 Å². The second-order valence-electron chi connectivity index (χ2n) is 4.08. The Bertz CT molecular complexity index is 726. The fraction of sp³-hybridized carbons (Fsp3) is 0.143. The summed E-state index contributed by atoms with van der Waals surface area (Å²) in [5.41, 5.74) is 3.02. The number of ether oxygens (including phenoxy) is 2. The van der Waals surface area contributed by atoms with Crippen molar-refractivity contribution in [2.24, 2.45) is 0 Å². The monoisotopic (exact) mass is 256 g/mol. The molecule has 1 aliphatic rings. The van der Waals surface area contributed by atoms with Crippen molar-refractivity contribution in [3.05, 3.63) is 41.1 Å². The van der Waals surface area contributed by atoms with Gasteiger partial charge in [-0.1, -0.05) is 24.3 Å². The standard InChI is InChI=1S/C14H12N2O3/c1-18-12-7-9-5-3-4-6-10-11(14(17)19-2)8-15-16(12)13(9)10/h3-8H,1-2H3. The minimum Gasteiger partial charge on any atom is -0.481 e. The van der Waals surface area contributed by atoms with Gasteiger partial charge in [-0.3, -0.25) is 0 Å². The molecule has 2 heterocycles. The van der Waals surface area contributed by atoms with Crippen molar-refractivity contribution in [3.8, 4) is 5.88 Å². The fourth-order valence-corrected chi connectivity index (χ4v) is 2.22. The first kappa shape index (κ1) is 11.5. The normalized spacial score (nSPS) is 12.5. The van der Waals surface area contributed by atoms with Crippen LogP contribution in [0.25, 0.3) is 17.7 Å². The largest absolute Gasteiger partial charge is 0.481 e. The summed E-state index contributed by atoms with van der Waals surface area (Å²) < 4.78 is 11.8. The van der Waals surface area contributed by atoms with Crippen molar-refractivity contribution in [1.29, 1.82) is 0 Å². The van der Waals surface area contributed by atoms with E-state index in [9.17, 15) is 4.79 Å². The van der Waals surface area contributed by atoms with Crippen LogP contribution in [0.3, 0.4) is 0 Å². The zero-order valence-corrected chi connectivity index (χ0v) is 10.6. The Hall–Kier alpha value is -2.56. The molecule has 0 aliphatic heterocycles. The second kappa shape index (κ2) is 4.28. The summed E-state index contributed by atoms with van der Waals surface area (Å²) in [4.78, 5) is 11.8. The number of carbonyl (C=O) groups is 1. The number of allylic oxidation sites excluding steroid dienone is 2. The summed E-state index contributed by atoms with van der Waals surface area (Å²) in [6, 6.07) is 1.89. The van der Waals surface area contributed by atoms with Gasteiger partial charge in [0.05, 0.1) is 31.5 Å². The molecular weight excluding hydrogens is 244 g/mol. The number of carbonyl (C=O) groups excluding carboxylic acids is 1. The van der Waals surface area contributed by atoms with E-state index in [2.05, 4.69) is 5.10 Å². The van der Waals surface area contributed by atoms with Gasteiger partial charge in [-0.15, -0.1) is 0 Å². The van der Waals surface area contributed by atoms with Crippen molar-refractivity contribution in [2.75, 3.05) is 14.2 Å². The van der Waals surface area contributed by atoms with Crippen LogP contribution in [0.1, 0.15) is 21.5 Å². The minimum atomic E-state index is -0.400. The number of nitrogens with zero attached hydrogens (tertiary/aromatic N) is 2. The van der Waals surface area contributed by atoms with Gasteiger partial charge in [0.25, 0.3) is 0 Å². The molecule has 0 aromatic carbocycles. The summed E-state index contributed by atoms with van der Waals surface area (Å²) >= 11 is 0. The lowest BCUT2D eigenvalue weighted by molar-refractivity contribution is 0.0600. The number of hydrogen-bond donors (Lipinski definition) is 0. The molecule has 0 spiro atoms. The van der Waals surface area contributed by atoms with Crippen molar-refractivity contribution in [3.63, 3.8) is 0 Å². The van der Waals surface area contributed by atoms with Crippen LogP contribution < -0.4 is 4.74 Å². The van der Waals surface area contributed by atoms with Gasteiger partial charge in [-0.2, -0.15) is 9.61 Å². The highest BCUT2D eigenvalue weighted by Crippen LogP contribution is 2.30. The molecule has 0 saturated carbocycles. The molecule has 0 fully saturated rings. The number of aromatic nitrogens is 2. The average Bonchev–Trinajstić information content (AvgIpc) is 2.67. The molecule has 0 amide bonds. The smallest absolute Gasteiger partial charge is 0.340 e. The highest BCUT2D eigenvalue weighted by molar-refractivity contribution is 5.99. The van der Waals surface area contributed by atoms with Crippen LogP contribution in [0.5, 0.6) is 5.88 Å². The van der Waals surface area contributed by atoms with Gasteiger partial charge in [0.1, 0.15) is 0 Å². The van der Waals surface area contributed by atoms with Gasteiger partial charge >= 0.3 is 5.97 Å². The predicted molar refractivity (Wildman–Crippen MR) is 71.2 cm³/mol. The molecule has 19 heavy (non-hydrogen) atoms. The zero-order chi connectivity index (χ0) is 13.4. The number of hydrogen-bond acceptors (Lipinski definition) is 4. The summed E-state index contributed by atoms with van der Waals surface area (Å²) in [6.45, 7) is 0. The summed E-state index contributed by atoms with van der Waals surface area (Å²) in [6.07, 6.45) is 9.11. The maximum absolute atomic E-state index is 11.8. The van der Waals surface area contributed by atoms with E-state index in [1.807, 2.05) is 30.4 Å². The first-order chi connectivity index (χ1) is 9.26. The maximum atomic E-state index is 11.8. The molecule has 0 radical (unpaired) electrons. The summed E-state index contributed by atoms with van der Waals surface area (Å²) in [5, 5.41) is 4.25. The highest BCUT2D eigenvalue weighted by Gasteiger charge is 2.19. The molecule has 0 N–H and O–H groups in total. The quantitative estimate of drug-likeness (QED) is 0.773.